The molecule has 9 nitrogen and oxygen atoms in total. The monoisotopic (exact) mass is 570 g/mol. The number of hydrogen-bond donors (Lipinski definition) is 0. The van der Waals surface area contributed by atoms with E-state index < -0.39 is 5.97 Å². The standard InChI is InChI=1S/C33H38N4O5/c1-20(2)26-17-27(22(5)15-30(26)40-8)32-35-28-12-10-9-11-25(28)33(39)37(32)34-18-23-13-14-24(36(6)7)16-29(23)41-19-31(38)42-21(3)4/h9-18,20-21H,19H2,1-8H3. The summed E-state index contributed by atoms with van der Waals surface area (Å²) in [6, 6.07) is 16.7. The number of ether oxygens (including phenoxy) is 3. The Morgan fingerprint density at radius 1 is 1.05 bits per heavy atom. The Morgan fingerprint density at radius 3 is 2.45 bits per heavy atom. The Balaban J connectivity index is 1.87. The van der Waals surface area contributed by atoms with E-state index in [0.29, 0.717) is 28.0 Å². The van der Waals surface area contributed by atoms with E-state index in [2.05, 4.69) is 18.9 Å². The lowest BCUT2D eigenvalue weighted by atomic mass is 9.96. The largest absolute Gasteiger partial charge is 0.496 e. The highest BCUT2D eigenvalue weighted by Gasteiger charge is 2.19. The Hall–Kier alpha value is -4.66. The minimum Gasteiger partial charge on any atom is -0.496 e. The predicted octanol–water partition coefficient (Wildman–Crippen LogP) is 5.78. The van der Waals surface area contributed by atoms with Gasteiger partial charge < -0.3 is 19.1 Å². The number of aromatic nitrogens is 2. The van der Waals surface area contributed by atoms with E-state index in [9.17, 15) is 9.59 Å². The van der Waals surface area contributed by atoms with Crippen molar-refractivity contribution in [2.75, 3.05) is 32.7 Å². The number of carbonyl (C=O) groups excluding carboxylic acids is 1. The third-order valence-corrected chi connectivity index (χ3v) is 6.73. The van der Waals surface area contributed by atoms with Gasteiger partial charge in [0.15, 0.2) is 12.4 Å². The van der Waals surface area contributed by atoms with Gasteiger partial charge in [-0.05, 0) is 74.2 Å². The topological polar surface area (TPSA) is 95.3 Å². The number of nitrogens with zero attached hydrogens (tertiary/aromatic N) is 4. The maximum Gasteiger partial charge on any atom is 0.344 e. The zero-order valence-corrected chi connectivity index (χ0v) is 25.5. The summed E-state index contributed by atoms with van der Waals surface area (Å²) in [7, 11) is 5.47. The lowest BCUT2D eigenvalue weighted by molar-refractivity contribution is -0.149. The molecule has 1 heterocycles. The van der Waals surface area contributed by atoms with E-state index in [1.165, 1.54) is 4.68 Å². The molecule has 9 heteroatoms. The number of hydrogen-bond acceptors (Lipinski definition) is 8. The van der Waals surface area contributed by atoms with Gasteiger partial charge in [0.1, 0.15) is 11.5 Å². The molecular weight excluding hydrogens is 532 g/mol. The fourth-order valence-electron chi connectivity index (χ4n) is 4.56. The van der Waals surface area contributed by atoms with Crippen molar-refractivity contribution in [3.8, 4) is 22.9 Å². The maximum atomic E-state index is 13.8. The van der Waals surface area contributed by atoms with Gasteiger partial charge in [-0.25, -0.2) is 9.78 Å². The molecule has 0 saturated carbocycles. The average Bonchev–Trinajstić information content (AvgIpc) is 2.95. The molecule has 0 N–H and O–H groups in total. The van der Waals surface area contributed by atoms with Crippen LogP contribution in [-0.2, 0) is 9.53 Å². The summed E-state index contributed by atoms with van der Waals surface area (Å²) < 4.78 is 18.1. The van der Waals surface area contributed by atoms with Gasteiger partial charge in [0.05, 0.1) is 30.3 Å². The summed E-state index contributed by atoms with van der Waals surface area (Å²) in [5, 5.41) is 5.10. The van der Waals surface area contributed by atoms with Crippen LogP contribution in [0.4, 0.5) is 5.69 Å². The molecule has 0 aliphatic heterocycles. The molecule has 0 bridgehead atoms. The molecule has 0 aliphatic carbocycles. The summed E-state index contributed by atoms with van der Waals surface area (Å²) in [4.78, 5) is 32.9. The van der Waals surface area contributed by atoms with Crippen LogP contribution < -0.4 is 19.9 Å². The summed E-state index contributed by atoms with van der Waals surface area (Å²) in [6.45, 7) is 9.44. The Kier molecular flexibility index (Phi) is 9.30. The van der Waals surface area contributed by atoms with Crippen LogP contribution >= 0.6 is 0 Å². The molecule has 4 rings (SSSR count). The molecule has 0 aliphatic rings. The van der Waals surface area contributed by atoms with Crippen molar-refractivity contribution in [2.24, 2.45) is 5.10 Å². The van der Waals surface area contributed by atoms with Crippen molar-refractivity contribution in [1.82, 2.24) is 9.66 Å². The molecule has 220 valence electrons. The van der Waals surface area contributed by atoms with Crippen LogP contribution in [-0.4, -0.2) is 55.8 Å². The van der Waals surface area contributed by atoms with E-state index >= 15 is 0 Å². The highest BCUT2D eigenvalue weighted by atomic mass is 16.6. The van der Waals surface area contributed by atoms with Crippen LogP contribution in [0.2, 0.25) is 0 Å². The van der Waals surface area contributed by atoms with Crippen molar-refractivity contribution in [2.45, 2.75) is 46.6 Å². The Morgan fingerprint density at radius 2 is 1.79 bits per heavy atom. The normalized spacial score (nSPS) is 11.5. The third-order valence-electron chi connectivity index (χ3n) is 6.73. The number of carbonyl (C=O) groups is 1. The number of para-hydroxylation sites is 1. The highest BCUT2D eigenvalue weighted by Crippen LogP contribution is 2.34. The number of methoxy groups -OCH3 is 1. The van der Waals surface area contributed by atoms with E-state index in [1.54, 1.807) is 39.3 Å². The second-order valence-electron chi connectivity index (χ2n) is 10.8. The number of rotatable bonds is 10. The van der Waals surface area contributed by atoms with E-state index in [-0.39, 0.29) is 24.2 Å². The molecule has 0 fully saturated rings. The first kappa shape index (κ1) is 30.3. The molecule has 0 spiro atoms. The molecule has 42 heavy (non-hydrogen) atoms. The van der Waals surface area contributed by atoms with Crippen LogP contribution in [0.25, 0.3) is 22.3 Å². The smallest absolute Gasteiger partial charge is 0.344 e. The molecule has 4 aromatic rings. The van der Waals surface area contributed by atoms with Crippen molar-refractivity contribution in [3.05, 3.63) is 81.6 Å². The number of aryl methyl sites for hydroxylation is 1. The molecule has 0 atom stereocenters. The molecular formula is C33H38N4O5. The van der Waals surface area contributed by atoms with E-state index in [1.807, 2.05) is 68.4 Å². The second kappa shape index (κ2) is 12.9. The zero-order valence-electron chi connectivity index (χ0n) is 25.5. The van der Waals surface area contributed by atoms with Gasteiger partial charge in [-0.1, -0.05) is 26.0 Å². The first-order valence-electron chi connectivity index (χ1n) is 13.9. The van der Waals surface area contributed by atoms with Crippen molar-refractivity contribution >= 4 is 28.8 Å². The van der Waals surface area contributed by atoms with Gasteiger partial charge in [-0.3, -0.25) is 4.79 Å². The minimum atomic E-state index is -0.476. The number of anilines is 1. The van der Waals surface area contributed by atoms with Gasteiger partial charge in [-0.15, -0.1) is 0 Å². The molecule has 1 aromatic heterocycles. The van der Waals surface area contributed by atoms with Gasteiger partial charge >= 0.3 is 5.97 Å². The first-order chi connectivity index (χ1) is 20.0. The summed E-state index contributed by atoms with van der Waals surface area (Å²) >= 11 is 0. The summed E-state index contributed by atoms with van der Waals surface area (Å²) in [5.74, 6) is 1.32. The lowest BCUT2D eigenvalue weighted by Crippen LogP contribution is -2.21. The highest BCUT2D eigenvalue weighted by molar-refractivity contribution is 5.86. The second-order valence-corrected chi connectivity index (χ2v) is 10.8. The summed E-state index contributed by atoms with van der Waals surface area (Å²) in [6.07, 6.45) is 1.30. The number of benzene rings is 3. The summed E-state index contributed by atoms with van der Waals surface area (Å²) in [5.41, 5.74) is 4.40. The van der Waals surface area contributed by atoms with Gasteiger partial charge in [0.2, 0.25) is 0 Å². The van der Waals surface area contributed by atoms with E-state index in [4.69, 9.17) is 19.2 Å². The van der Waals surface area contributed by atoms with Crippen LogP contribution in [0.15, 0.2) is 64.5 Å². The Labute approximate surface area is 246 Å². The first-order valence-corrected chi connectivity index (χ1v) is 13.9. The molecule has 0 unspecified atom stereocenters. The maximum absolute atomic E-state index is 13.8. The van der Waals surface area contributed by atoms with Crippen LogP contribution in [0.5, 0.6) is 11.5 Å². The predicted molar refractivity (Wildman–Crippen MR) is 167 cm³/mol. The fraction of sp³-hybridized carbons (Fsp3) is 0.333. The van der Waals surface area contributed by atoms with E-state index in [0.717, 1.165) is 28.1 Å². The molecule has 0 amide bonds. The number of fused-ring (bicyclic) bond motifs is 1. The SMILES string of the molecule is COc1cc(C)c(-c2nc3ccccc3c(=O)n2N=Cc2ccc(N(C)C)cc2OCC(=O)OC(C)C)cc1C(C)C. The average molecular weight is 571 g/mol. The van der Waals surface area contributed by atoms with Crippen LogP contribution in [0.1, 0.15) is 50.3 Å². The lowest BCUT2D eigenvalue weighted by Gasteiger charge is -2.18. The minimum absolute atomic E-state index is 0.181. The molecule has 3 aromatic carbocycles. The van der Waals surface area contributed by atoms with Crippen molar-refractivity contribution < 1.29 is 19.0 Å². The number of esters is 1. The van der Waals surface area contributed by atoms with Gasteiger partial charge in [0, 0.05) is 37.0 Å². The zero-order chi connectivity index (χ0) is 30.6. The van der Waals surface area contributed by atoms with Crippen molar-refractivity contribution in [1.29, 1.82) is 0 Å². The third kappa shape index (κ3) is 6.62. The Bertz CT molecular complexity index is 1690. The molecule has 0 saturated heterocycles. The van der Waals surface area contributed by atoms with Crippen LogP contribution in [0.3, 0.4) is 0 Å². The fourth-order valence-corrected chi connectivity index (χ4v) is 4.56. The molecule has 0 radical (unpaired) electrons. The van der Waals surface area contributed by atoms with Gasteiger partial charge in [0.25, 0.3) is 5.56 Å². The van der Waals surface area contributed by atoms with Crippen molar-refractivity contribution in [3.63, 3.8) is 0 Å². The quantitative estimate of drug-likeness (QED) is 0.176. The van der Waals surface area contributed by atoms with Gasteiger partial charge in [-0.2, -0.15) is 9.78 Å². The van der Waals surface area contributed by atoms with Crippen LogP contribution in [0, 0.1) is 6.92 Å².